The summed E-state index contributed by atoms with van der Waals surface area (Å²) in [5, 5.41) is 0. The van der Waals surface area contributed by atoms with Gasteiger partial charge in [0.1, 0.15) is 0 Å². The maximum atomic E-state index is 11.2. The lowest BCUT2D eigenvalue weighted by Crippen LogP contribution is -2.20. The van der Waals surface area contributed by atoms with E-state index in [1.165, 1.54) is 0 Å². The van der Waals surface area contributed by atoms with Crippen LogP contribution in [0.25, 0.3) is 0 Å². The summed E-state index contributed by atoms with van der Waals surface area (Å²) in [6.45, 7) is 1.07. The van der Waals surface area contributed by atoms with Gasteiger partial charge in [-0.3, -0.25) is 4.79 Å². The third kappa shape index (κ3) is 3.09. The lowest BCUT2D eigenvalue weighted by molar-refractivity contribution is -0.144. The summed E-state index contributed by atoms with van der Waals surface area (Å²) in [5.41, 5.74) is 0. The van der Waals surface area contributed by atoms with E-state index >= 15 is 0 Å². The predicted octanol–water partition coefficient (Wildman–Crippen LogP) is 1.34. The Balaban J connectivity index is 2.10. The summed E-state index contributed by atoms with van der Waals surface area (Å²) in [5.74, 6) is 0.650. The molecule has 4 heteroatoms. The number of Topliss-reactive ketones (excluding diaryl/α,β-unsaturated/α-hetero) is 1. The smallest absolute Gasteiger partial charge is 0.217 e. The van der Waals surface area contributed by atoms with Crippen molar-refractivity contribution < 1.29 is 14.3 Å². The molecule has 0 radical (unpaired) electrons. The number of rotatable bonds is 5. The molecule has 1 saturated heterocycles. The van der Waals surface area contributed by atoms with Crippen molar-refractivity contribution in [3.8, 4) is 0 Å². The topological polar surface area (TPSA) is 35.5 Å². The Morgan fingerprint density at radius 1 is 1.33 bits per heavy atom. The molecule has 0 bridgehead atoms. The van der Waals surface area contributed by atoms with Crippen molar-refractivity contribution in [2.75, 3.05) is 19.1 Å². The Morgan fingerprint density at radius 2 is 2.00 bits per heavy atom. The first-order valence-corrected chi connectivity index (χ1v) is 4.70. The van der Waals surface area contributed by atoms with E-state index in [0.29, 0.717) is 25.5 Å². The number of halogens is 1. The third-order valence-electron chi connectivity index (χ3n) is 1.69. The molecule has 0 atom stereocenters. The van der Waals surface area contributed by atoms with Crippen molar-refractivity contribution in [3.05, 3.63) is 0 Å². The highest BCUT2D eigenvalue weighted by Crippen LogP contribution is 2.09. The van der Waals surface area contributed by atoms with E-state index in [0.717, 1.165) is 12.8 Å². The second-order valence-corrected chi connectivity index (χ2v) is 3.06. The molecule has 1 rings (SSSR count). The van der Waals surface area contributed by atoms with Gasteiger partial charge in [0, 0.05) is 12.3 Å². The van der Waals surface area contributed by atoms with Crippen LogP contribution in [0.1, 0.15) is 19.3 Å². The first-order valence-electron chi connectivity index (χ1n) is 4.16. The van der Waals surface area contributed by atoms with Gasteiger partial charge in [0.15, 0.2) is 5.78 Å². The standard InChI is InChI=1S/C8H13ClO3/c9-4-2-1-3-7(10)8-11-5-6-12-8/h8H,1-6H2. The molecule has 70 valence electrons. The molecule has 0 aromatic carbocycles. The SMILES string of the molecule is O=C(CCCCCl)C1OCCO1. The molecule has 0 aromatic heterocycles. The first-order chi connectivity index (χ1) is 5.84. The second kappa shape index (κ2) is 5.51. The van der Waals surface area contributed by atoms with E-state index in [1.54, 1.807) is 0 Å². The number of carbonyl (C=O) groups excluding carboxylic acids is 1. The quantitative estimate of drug-likeness (QED) is 0.487. The molecule has 1 aliphatic heterocycles. The summed E-state index contributed by atoms with van der Waals surface area (Å²) in [4.78, 5) is 11.2. The van der Waals surface area contributed by atoms with Crippen LogP contribution in [0.3, 0.4) is 0 Å². The molecule has 1 aliphatic rings. The van der Waals surface area contributed by atoms with Gasteiger partial charge < -0.3 is 9.47 Å². The van der Waals surface area contributed by atoms with Gasteiger partial charge >= 0.3 is 0 Å². The highest BCUT2D eigenvalue weighted by molar-refractivity contribution is 6.17. The zero-order chi connectivity index (χ0) is 8.81. The van der Waals surface area contributed by atoms with Crippen LogP contribution in [0.5, 0.6) is 0 Å². The summed E-state index contributed by atoms with van der Waals surface area (Å²) >= 11 is 5.47. The van der Waals surface area contributed by atoms with E-state index in [2.05, 4.69) is 0 Å². The van der Waals surface area contributed by atoms with Crippen LogP contribution >= 0.6 is 11.6 Å². The Morgan fingerprint density at radius 3 is 2.58 bits per heavy atom. The van der Waals surface area contributed by atoms with Crippen LogP contribution < -0.4 is 0 Å². The molecule has 0 unspecified atom stereocenters. The predicted molar refractivity (Wildman–Crippen MR) is 45.3 cm³/mol. The zero-order valence-corrected chi connectivity index (χ0v) is 7.68. The zero-order valence-electron chi connectivity index (χ0n) is 6.92. The Bertz CT molecular complexity index is 143. The van der Waals surface area contributed by atoms with E-state index in [-0.39, 0.29) is 5.78 Å². The molecule has 0 saturated carbocycles. The molecule has 1 heterocycles. The van der Waals surface area contributed by atoms with Gasteiger partial charge in [-0.2, -0.15) is 0 Å². The normalized spacial score (nSPS) is 18.4. The number of alkyl halides is 1. The Kier molecular flexibility index (Phi) is 4.58. The van der Waals surface area contributed by atoms with Gasteiger partial charge in [-0.05, 0) is 12.8 Å². The summed E-state index contributed by atoms with van der Waals surface area (Å²) in [6.07, 6.45) is 1.61. The number of carbonyl (C=O) groups is 1. The number of hydrogen-bond donors (Lipinski definition) is 0. The Hall–Kier alpha value is -0.120. The molecular formula is C8H13ClO3. The summed E-state index contributed by atoms with van der Waals surface area (Å²) in [7, 11) is 0. The fourth-order valence-electron chi connectivity index (χ4n) is 1.06. The van der Waals surface area contributed by atoms with Gasteiger partial charge in [-0.25, -0.2) is 0 Å². The molecule has 0 amide bonds. The van der Waals surface area contributed by atoms with Crippen LogP contribution in [0, 0.1) is 0 Å². The fourth-order valence-corrected chi connectivity index (χ4v) is 1.24. The minimum Gasteiger partial charge on any atom is -0.344 e. The average Bonchev–Trinajstić information content (AvgIpc) is 2.56. The van der Waals surface area contributed by atoms with E-state index in [1.807, 2.05) is 0 Å². The van der Waals surface area contributed by atoms with Crippen LogP contribution in [0.2, 0.25) is 0 Å². The van der Waals surface area contributed by atoms with Gasteiger partial charge in [-0.1, -0.05) is 0 Å². The third-order valence-corrected chi connectivity index (χ3v) is 1.96. The van der Waals surface area contributed by atoms with Crippen molar-refractivity contribution in [2.24, 2.45) is 0 Å². The minimum atomic E-state index is -0.597. The van der Waals surface area contributed by atoms with E-state index in [4.69, 9.17) is 21.1 Å². The molecule has 0 aromatic rings. The highest BCUT2D eigenvalue weighted by Gasteiger charge is 2.23. The van der Waals surface area contributed by atoms with Crippen molar-refractivity contribution >= 4 is 17.4 Å². The summed E-state index contributed by atoms with van der Waals surface area (Å²) in [6, 6.07) is 0. The van der Waals surface area contributed by atoms with Crippen molar-refractivity contribution in [2.45, 2.75) is 25.6 Å². The second-order valence-electron chi connectivity index (χ2n) is 2.69. The largest absolute Gasteiger partial charge is 0.344 e. The molecular weight excluding hydrogens is 180 g/mol. The van der Waals surface area contributed by atoms with Crippen molar-refractivity contribution in [1.29, 1.82) is 0 Å². The monoisotopic (exact) mass is 192 g/mol. The van der Waals surface area contributed by atoms with Gasteiger partial charge in [0.05, 0.1) is 13.2 Å². The van der Waals surface area contributed by atoms with Crippen LogP contribution in [-0.2, 0) is 14.3 Å². The van der Waals surface area contributed by atoms with Crippen LogP contribution in [-0.4, -0.2) is 31.2 Å². The van der Waals surface area contributed by atoms with Crippen molar-refractivity contribution in [3.63, 3.8) is 0 Å². The lowest BCUT2D eigenvalue weighted by atomic mass is 10.2. The van der Waals surface area contributed by atoms with Crippen LogP contribution in [0.15, 0.2) is 0 Å². The first kappa shape index (κ1) is 9.96. The van der Waals surface area contributed by atoms with E-state index < -0.39 is 6.29 Å². The molecule has 0 spiro atoms. The molecule has 3 nitrogen and oxygen atoms in total. The Labute approximate surface area is 77.0 Å². The fraction of sp³-hybridized carbons (Fsp3) is 0.875. The number of unbranched alkanes of at least 4 members (excludes halogenated alkanes) is 1. The van der Waals surface area contributed by atoms with E-state index in [9.17, 15) is 4.79 Å². The van der Waals surface area contributed by atoms with Gasteiger partial charge in [0.25, 0.3) is 0 Å². The van der Waals surface area contributed by atoms with Gasteiger partial charge in [-0.15, -0.1) is 11.6 Å². The molecule has 0 aliphatic carbocycles. The van der Waals surface area contributed by atoms with Gasteiger partial charge in [0.2, 0.25) is 6.29 Å². The minimum absolute atomic E-state index is 0.0395. The van der Waals surface area contributed by atoms with Crippen molar-refractivity contribution in [1.82, 2.24) is 0 Å². The number of hydrogen-bond acceptors (Lipinski definition) is 3. The maximum absolute atomic E-state index is 11.2. The lowest BCUT2D eigenvalue weighted by Gasteiger charge is -2.06. The molecule has 12 heavy (non-hydrogen) atoms. The number of ketones is 1. The summed E-state index contributed by atoms with van der Waals surface area (Å²) < 4.78 is 10.1. The maximum Gasteiger partial charge on any atom is 0.217 e. The van der Waals surface area contributed by atoms with Crippen LogP contribution in [0.4, 0.5) is 0 Å². The highest BCUT2D eigenvalue weighted by atomic mass is 35.5. The average molecular weight is 193 g/mol. The molecule has 1 fully saturated rings. The number of ether oxygens (including phenoxy) is 2. The molecule has 0 N–H and O–H groups in total.